The molecule has 0 rings (SSSR count). The lowest BCUT2D eigenvalue weighted by Gasteiger charge is -2.25. The van der Waals surface area contributed by atoms with Crippen LogP contribution >= 0.6 is 0 Å². The molecule has 5 nitrogen and oxygen atoms in total. The molecule has 0 atom stereocenters. The summed E-state index contributed by atoms with van der Waals surface area (Å²) >= 11 is 0. The van der Waals surface area contributed by atoms with Crippen molar-refractivity contribution in [3.05, 3.63) is 0 Å². The number of sulfonamides is 1. The second-order valence-electron chi connectivity index (χ2n) is 4.20. The standard InChI is InChI=1S/C9H19N3O2S/c1-9(2,12-15(3,13)14)8-11-7-5-4-6-10/h11-12H,4-5,7-8H2,1-3H3. The number of unbranched alkanes of at least 4 members (excludes halogenated alkanes) is 1. The lowest BCUT2D eigenvalue weighted by molar-refractivity contribution is 0.420. The van der Waals surface area contributed by atoms with Gasteiger partial charge in [0.25, 0.3) is 0 Å². The van der Waals surface area contributed by atoms with Crippen LogP contribution in [0.5, 0.6) is 0 Å². The molecule has 0 amide bonds. The van der Waals surface area contributed by atoms with Crippen LogP contribution in [-0.4, -0.2) is 33.3 Å². The predicted octanol–water partition coefficient (Wildman–Crippen LogP) is 0.208. The van der Waals surface area contributed by atoms with Crippen LogP contribution < -0.4 is 10.0 Å². The third-order valence-electron chi connectivity index (χ3n) is 1.67. The van der Waals surface area contributed by atoms with Crippen LogP contribution in [0.1, 0.15) is 26.7 Å². The molecule has 88 valence electrons. The average Bonchev–Trinajstić information content (AvgIpc) is 1.99. The van der Waals surface area contributed by atoms with Crippen LogP contribution in [-0.2, 0) is 10.0 Å². The fraction of sp³-hybridized carbons (Fsp3) is 0.889. The van der Waals surface area contributed by atoms with E-state index in [1.54, 1.807) is 0 Å². The van der Waals surface area contributed by atoms with Crippen molar-refractivity contribution in [1.29, 1.82) is 5.26 Å². The number of nitriles is 1. The van der Waals surface area contributed by atoms with Gasteiger partial charge >= 0.3 is 0 Å². The third kappa shape index (κ3) is 9.66. The maximum absolute atomic E-state index is 11.0. The van der Waals surface area contributed by atoms with E-state index < -0.39 is 15.6 Å². The summed E-state index contributed by atoms with van der Waals surface area (Å²) in [5, 5.41) is 11.4. The summed E-state index contributed by atoms with van der Waals surface area (Å²) in [6, 6.07) is 2.05. The molecule has 0 saturated heterocycles. The molecular weight excluding hydrogens is 214 g/mol. The molecule has 15 heavy (non-hydrogen) atoms. The lowest BCUT2D eigenvalue weighted by Crippen LogP contribution is -2.49. The zero-order valence-electron chi connectivity index (χ0n) is 9.50. The molecule has 0 unspecified atom stereocenters. The molecule has 0 spiro atoms. The zero-order valence-corrected chi connectivity index (χ0v) is 10.3. The second kappa shape index (κ2) is 6.05. The molecule has 2 N–H and O–H groups in total. The molecule has 0 aliphatic carbocycles. The minimum Gasteiger partial charge on any atom is -0.315 e. The predicted molar refractivity (Wildman–Crippen MR) is 59.8 cm³/mol. The van der Waals surface area contributed by atoms with Crippen LogP contribution in [0.3, 0.4) is 0 Å². The fourth-order valence-corrected chi connectivity index (χ4v) is 2.31. The summed E-state index contributed by atoms with van der Waals surface area (Å²) in [5.74, 6) is 0. The summed E-state index contributed by atoms with van der Waals surface area (Å²) in [5.41, 5.74) is -0.500. The van der Waals surface area contributed by atoms with E-state index in [0.717, 1.165) is 19.2 Å². The van der Waals surface area contributed by atoms with Gasteiger partial charge < -0.3 is 5.32 Å². The Bertz CT molecular complexity index is 317. The summed E-state index contributed by atoms with van der Waals surface area (Å²) < 4.78 is 24.5. The van der Waals surface area contributed by atoms with E-state index in [9.17, 15) is 8.42 Å². The van der Waals surface area contributed by atoms with E-state index in [-0.39, 0.29) is 0 Å². The average molecular weight is 233 g/mol. The quantitative estimate of drug-likeness (QED) is 0.616. The molecule has 0 aromatic heterocycles. The number of nitrogens with zero attached hydrogens (tertiary/aromatic N) is 1. The van der Waals surface area contributed by atoms with E-state index in [1.165, 1.54) is 0 Å². The Balaban J connectivity index is 3.80. The Hall–Kier alpha value is -0.640. The van der Waals surface area contributed by atoms with Gasteiger partial charge in [-0.15, -0.1) is 0 Å². The van der Waals surface area contributed by atoms with Gasteiger partial charge in [-0.2, -0.15) is 5.26 Å². The smallest absolute Gasteiger partial charge is 0.209 e. The molecule has 0 aromatic rings. The highest BCUT2D eigenvalue weighted by Gasteiger charge is 2.21. The van der Waals surface area contributed by atoms with Gasteiger partial charge in [-0.25, -0.2) is 13.1 Å². The van der Waals surface area contributed by atoms with Crippen LogP contribution in [0.4, 0.5) is 0 Å². The SMILES string of the molecule is CC(C)(CNCCCC#N)NS(C)(=O)=O. The Labute approximate surface area is 91.9 Å². The van der Waals surface area contributed by atoms with Crippen molar-refractivity contribution in [3.8, 4) is 6.07 Å². The van der Waals surface area contributed by atoms with Crippen LogP contribution in [0.2, 0.25) is 0 Å². The maximum Gasteiger partial charge on any atom is 0.209 e. The molecule has 0 fully saturated rings. The molecule has 0 radical (unpaired) electrons. The first-order valence-corrected chi connectivity index (χ1v) is 6.72. The van der Waals surface area contributed by atoms with Crippen LogP contribution in [0.25, 0.3) is 0 Å². The topological polar surface area (TPSA) is 82.0 Å². The minimum atomic E-state index is -3.17. The highest BCUT2D eigenvalue weighted by Crippen LogP contribution is 2.01. The van der Waals surface area contributed by atoms with E-state index in [0.29, 0.717) is 13.0 Å². The Morgan fingerprint density at radius 2 is 2.00 bits per heavy atom. The van der Waals surface area contributed by atoms with E-state index in [1.807, 2.05) is 13.8 Å². The van der Waals surface area contributed by atoms with Crippen LogP contribution in [0, 0.1) is 11.3 Å². The first-order chi connectivity index (χ1) is 6.77. The highest BCUT2D eigenvalue weighted by molar-refractivity contribution is 7.88. The first-order valence-electron chi connectivity index (χ1n) is 4.83. The molecule has 0 bridgehead atoms. The Kier molecular flexibility index (Phi) is 5.80. The molecule has 0 aliphatic rings. The van der Waals surface area contributed by atoms with Crippen molar-refractivity contribution in [3.63, 3.8) is 0 Å². The lowest BCUT2D eigenvalue weighted by atomic mass is 10.1. The van der Waals surface area contributed by atoms with Crippen molar-refractivity contribution in [2.45, 2.75) is 32.2 Å². The zero-order chi connectivity index (χ0) is 11.9. The minimum absolute atomic E-state index is 0.500. The Morgan fingerprint density at radius 1 is 1.40 bits per heavy atom. The van der Waals surface area contributed by atoms with Crippen molar-refractivity contribution < 1.29 is 8.42 Å². The van der Waals surface area contributed by atoms with Gasteiger partial charge in [-0.05, 0) is 26.8 Å². The summed E-state index contributed by atoms with van der Waals surface area (Å²) in [6.07, 6.45) is 2.45. The second-order valence-corrected chi connectivity index (χ2v) is 5.95. The van der Waals surface area contributed by atoms with Crippen molar-refractivity contribution in [2.75, 3.05) is 19.3 Å². The number of rotatable bonds is 7. The van der Waals surface area contributed by atoms with Crippen molar-refractivity contribution in [1.82, 2.24) is 10.0 Å². The molecule has 0 saturated carbocycles. The third-order valence-corrected chi connectivity index (χ3v) is 2.59. The van der Waals surface area contributed by atoms with E-state index >= 15 is 0 Å². The van der Waals surface area contributed by atoms with Gasteiger partial charge in [0, 0.05) is 18.5 Å². The van der Waals surface area contributed by atoms with Crippen molar-refractivity contribution >= 4 is 10.0 Å². The largest absolute Gasteiger partial charge is 0.315 e. The monoisotopic (exact) mass is 233 g/mol. The summed E-state index contributed by atoms with van der Waals surface area (Å²) in [7, 11) is -3.17. The van der Waals surface area contributed by atoms with Gasteiger partial charge in [-0.3, -0.25) is 0 Å². The molecule has 0 aromatic carbocycles. The summed E-state index contributed by atoms with van der Waals surface area (Å²) in [4.78, 5) is 0. The van der Waals surface area contributed by atoms with E-state index in [4.69, 9.17) is 5.26 Å². The van der Waals surface area contributed by atoms with Gasteiger partial charge in [0.05, 0.1) is 12.3 Å². The highest BCUT2D eigenvalue weighted by atomic mass is 32.2. The van der Waals surface area contributed by atoms with Crippen molar-refractivity contribution in [2.24, 2.45) is 0 Å². The molecule has 0 heterocycles. The normalized spacial score (nSPS) is 12.4. The number of hydrogen-bond donors (Lipinski definition) is 2. The van der Waals surface area contributed by atoms with Gasteiger partial charge in [0.1, 0.15) is 0 Å². The Morgan fingerprint density at radius 3 is 2.47 bits per heavy atom. The molecule has 6 heteroatoms. The van der Waals surface area contributed by atoms with Crippen LogP contribution in [0.15, 0.2) is 0 Å². The summed E-state index contributed by atoms with van der Waals surface area (Å²) in [6.45, 7) is 4.89. The van der Waals surface area contributed by atoms with Gasteiger partial charge in [0.15, 0.2) is 0 Å². The first kappa shape index (κ1) is 14.4. The molecular formula is C9H19N3O2S. The fourth-order valence-electron chi connectivity index (χ4n) is 1.23. The van der Waals surface area contributed by atoms with Gasteiger partial charge in [0.2, 0.25) is 10.0 Å². The van der Waals surface area contributed by atoms with Gasteiger partial charge in [-0.1, -0.05) is 0 Å². The molecule has 0 aliphatic heterocycles. The number of nitrogens with one attached hydrogen (secondary N) is 2. The van der Waals surface area contributed by atoms with E-state index in [2.05, 4.69) is 16.1 Å². The number of hydrogen-bond acceptors (Lipinski definition) is 4. The maximum atomic E-state index is 11.0.